The van der Waals surface area contributed by atoms with Gasteiger partial charge in [0.15, 0.2) is 0 Å². The molecule has 0 unspecified atom stereocenters. The molecule has 1 aliphatic heterocycles. The third kappa shape index (κ3) is 6.23. The molecule has 0 aromatic heterocycles. The zero-order valence-corrected chi connectivity index (χ0v) is 19.6. The first-order valence-electron chi connectivity index (χ1n) is 11.1. The first kappa shape index (κ1) is 24.8. The van der Waals surface area contributed by atoms with E-state index in [1.54, 1.807) is 4.90 Å². The van der Waals surface area contributed by atoms with Gasteiger partial charge in [-0.05, 0) is 47.3 Å². The van der Waals surface area contributed by atoms with Crippen LogP contribution in [0.15, 0.2) is 83.8 Å². The lowest BCUT2D eigenvalue weighted by Crippen LogP contribution is -2.52. The van der Waals surface area contributed by atoms with E-state index in [4.69, 9.17) is 0 Å². The van der Waals surface area contributed by atoms with Crippen LogP contribution in [0.2, 0.25) is 0 Å². The summed E-state index contributed by atoms with van der Waals surface area (Å²) in [4.78, 5) is 29.2. The quantitative estimate of drug-likeness (QED) is 0.488. The van der Waals surface area contributed by atoms with E-state index in [-0.39, 0.29) is 44.2 Å². The van der Waals surface area contributed by atoms with Gasteiger partial charge in [-0.1, -0.05) is 54.6 Å². The van der Waals surface area contributed by atoms with Crippen LogP contribution in [0.5, 0.6) is 0 Å². The molecular weight excluding hydrogens is 475 g/mol. The third-order valence-corrected chi connectivity index (χ3v) is 6.55. The summed E-state index contributed by atoms with van der Waals surface area (Å²) in [5.74, 6) is -0.793. The molecule has 1 heterocycles. The number of hydrogen-bond acceptors (Lipinski definition) is 4. The summed E-state index contributed by atoms with van der Waals surface area (Å²) < 4.78 is 42.8. The number of piperazine rings is 1. The van der Waals surface area contributed by atoms with Gasteiger partial charge in [-0.3, -0.25) is 14.3 Å². The largest absolute Gasteiger partial charge is 0.417 e. The lowest BCUT2D eigenvalue weighted by Gasteiger charge is -2.35. The maximum absolute atomic E-state index is 13.2. The van der Waals surface area contributed by atoms with E-state index < -0.39 is 17.6 Å². The van der Waals surface area contributed by atoms with Crippen LogP contribution in [0.3, 0.4) is 0 Å². The molecule has 2 amide bonds. The zero-order valence-electron chi connectivity index (χ0n) is 18.8. The fraction of sp³-hybridized carbons (Fsp3) is 0.231. The maximum atomic E-state index is 13.2. The van der Waals surface area contributed by atoms with E-state index in [1.807, 2.05) is 54.6 Å². The number of carbonyl (C=O) groups is 2. The number of rotatable bonds is 6. The molecule has 1 aliphatic rings. The zero-order chi connectivity index (χ0) is 24.8. The van der Waals surface area contributed by atoms with Gasteiger partial charge in [0.1, 0.15) is 0 Å². The van der Waals surface area contributed by atoms with Crippen LogP contribution in [-0.2, 0) is 11.0 Å². The monoisotopic (exact) mass is 499 g/mol. The lowest BCUT2D eigenvalue weighted by atomic mass is 10.1. The van der Waals surface area contributed by atoms with Crippen LogP contribution in [-0.4, -0.2) is 54.3 Å². The molecule has 4 rings (SSSR count). The second-order valence-corrected chi connectivity index (χ2v) is 8.99. The standard InChI is InChI=1S/C26H24F3N3O2S/c27-26(28,29)23-9-5-4-8-22(23)25(34)32-16-14-31(15-17-32)24(33)18-30-35-21-12-10-20(11-13-21)19-6-2-1-3-7-19/h1-13,30H,14-18H2. The Morgan fingerprint density at radius 1 is 0.771 bits per heavy atom. The van der Waals surface area contributed by atoms with Gasteiger partial charge in [-0.2, -0.15) is 13.2 Å². The van der Waals surface area contributed by atoms with Crippen molar-refractivity contribution in [3.05, 3.63) is 90.0 Å². The maximum Gasteiger partial charge on any atom is 0.417 e. The summed E-state index contributed by atoms with van der Waals surface area (Å²) in [5, 5.41) is 0. The van der Waals surface area contributed by atoms with E-state index in [9.17, 15) is 22.8 Å². The number of nitrogens with one attached hydrogen (secondary N) is 1. The number of hydrogen-bond donors (Lipinski definition) is 1. The summed E-state index contributed by atoms with van der Waals surface area (Å²) in [6.45, 7) is 1.03. The van der Waals surface area contributed by atoms with Gasteiger partial charge in [0, 0.05) is 31.1 Å². The summed E-state index contributed by atoms with van der Waals surface area (Å²) in [7, 11) is 0. The van der Waals surface area contributed by atoms with Crippen molar-refractivity contribution in [2.75, 3.05) is 32.7 Å². The number of alkyl halides is 3. The van der Waals surface area contributed by atoms with Gasteiger partial charge in [0.25, 0.3) is 5.91 Å². The summed E-state index contributed by atoms with van der Waals surface area (Å²) in [6, 6.07) is 22.8. The molecule has 1 fully saturated rings. The molecule has 0 radical (unpaired) electrons. The second-order valence-electron chi connectivity index (χ2n) is 8.03. The number of nitrogens with zero attached hydrogens (tertiary/aromatic N) is 2. The van der Waals surface area contributed by atoms with Crippen molar-refractivity contribution in [2.45, 2.75) is 11.1 Å². The predicted octanol–water partition coefficient (Wildman–Crippen LogP) is 4.95. The Bertz CT molecular complexity index is 1160. The number of amides is 2. The molecule has 5 nitrogen and oxygen atoms in total. The van der Waals surface area contributed by atoms with Gasteiger partial charge in [0.05, 0.1) is 17.7 Å². The number of carbonyl (C=O) groups excluding carboxylic acids is 2. The minimum Gasteiger partial charge on any atom is -0.338 e. The highest BCUT2D eigenvalue weighted by atomic mass is 32.2. The third-order valence-electron chi connectivity index (χ3n) is 5.76. The summed E-state index contributed by atoms with van der Waals surface area (Å²) in [5.41, 5.74) is 0.931. The molecule has 0 atom stereocenters. The van der Waals surface area contributed by atoms with Crippen LogP contribution >= 0.6 is 11.9 Å². The molecule has 0 aliphatic carbocycles. The molecule has 182 valence electrons. The average molecular weight is 500 g/mol. The first-order valence-corrected chi connectivity index (χ1v) is 11.9. The van der Waals surface area contributed by atoms with Gasteiger partial charge in [-0.25, -0.2) is 0 Å². The van der Waals surface area contributed by atoms with E-state index in [0.29, 0.717) is 0 Å². The summed E-state index contributed by atoms with van der Waals surface area (Å²) >= 11 is 1.35. The average Bonchev–Trinajstić information content (AvgIpc) is 2.89. The Morgan fingerprint density at radius 2 is 1.34 bits per heavy atom. The van der Waals surface area contributed by atoms with Crippen LogP contribution in [0.25, 0.3) is 11.1 Å². The van der Waals surface area contributed by atoms with Crippen molar-refractivity contribution in [2.24, 2.45) is 0 Å². The minimum atomic E-state index is -4.60. The molecule has 0 spiro atoms. The number of benzene rings is 3. The van der Waals surface area contributed by atoms with Gasteiger partial charge in [-0.15, -0.1) is 0 Å². The lowest BCUT2D eigenvalue weighted by molar-refractivity contribution is -0.138. The Kier molecular flexibility index (Phi) is 7.77. The highest BCUT2D eigenvalue weighted by Gasteiger charge is 2.36. The summed E-state index contributed by atoms with van der Waals surface area (Å²) in [6.07, 6.45) is -4.60. The Labute approximate surface area is 206 Å². The van der Waals surface area contributed by atoms with Crippen LogP contribution in [0, 0.1) is 0 Å². The molecule has 3 aromatic carbocycles. The van der Waals surface area contributed by atoms with Crippen LogP contribution < -0.4 is 4.72 Å². The van der Waals surface area contributed by atoms with Crippen molar-refractivity contribution < 1.29 is 22.8 Å². The van der Waals surface area contributed by atoms with Gasteiger partial charge >= 0.3 is 6.18 Å². The fourth-order valence-corrected chi connectivity index (χ4v) is 4.52. The van der Waals surface area contributed by atoms with Gasteiger partial charge < -0.3 is 9.80 Å². The molecule has 35 heavy (non-hydrogen) atoms. The highest BCUT2D eigenvalue weighted by molar-refractivity contribution is 7.97. The molecule has 1 saturated heterocycles. The van der Waals surface area contributed by atoms with Crippen LogP contribution in [0.4, 0.5) is 13.2 Å². The fourth-order valence-electron chi connectivity index (χ4n) is 3.89. The highest BCUT2D eigenvalue weighted by Crippen LogP contribution is 2.32. The molecular formula is C26H24F3N3O2S. The van der Waals surface area contributed by atoms with E-state index >= 15 is 0 Å². The van der Waals surface area contributed by atoms with Crippen molar-refractivity contribution in [1.82, 2.24) is 14.5 Å². The van der Waals surface area contributed by atoms with Crippen molar-refractivity contribution >= 4 is 23.8 Å². The van der Waals surface area contributed by atoms with Crippen molar-refractivity contribution in [3.63, 3.8) is 0 Å². The molecule has 3 aromatic rings. The second kappa shape index (κ2) is 11.0. The smallest absolute Gasteiger partial charge is 0.338 e. The molecule has 0 bridgehead atoms. The first-order chi connectivity index (χ1) is 16.8. The number of halogens is 3. The van der Waals surface area contributed by atoms with E-state index in [0.717, 1.165) is 22.1 Å². The molecule has 0 saturated carbocycles. The van der Waals surface area contributed by atoms with Crippen molar-refractivity contribution in [3.8, 4) is 11.1 Å². The van der Waals surface area contributed by atoms with Crippen LogP contribution in [0.1, 0.15) is 15.9 Å². The van der Waals surface area contributed by atoms with E-state index in [1.165, 1.54) is 35.0 Å². The molecule has 9 heteroatoms. The normalized spacial score (nSPS) is 14.1. The van der Waals surface area contributed by atoms with Gasteiger partial charge in [0.2, 0.25) is 5.91 Å². The minimum absolute atomic E-state index is 0.107. The van der Waals surface area contributed by atoms with Crippen molar-refractivity contribution in [1.29, 1.82) is 0 Å². The SMILES string of the molecule is O=C(CNSc1ccc(-c2ccccc2)cc1)N1CCN(C(=O)c2ccccc2C(F)(F)F)CC1. The topological polar surface area (TPSA) is 52.7 Å². The Balaban J connectivity index is 1.24. The Hall–Kier alpha value is -3.30. The van der Waals surface area contributed by atoms with E-state index in [2.05, 4.69) is 4.72 Å². The molecule has 1 N–H and O–H groups in total. The predicted molar refractivity (Wildman–Crippen MR) is 130 cm³/mol. The Morgan fingerprint density at radius 3 is 2.00 bits per heavy atom.